The summed E-state index contributed by atoms with van der Waals surface area (Å²) < 4.78 is 53.2. The fourth-order valence-corrected chi connectivity index (χ4v) is 3.14. The van der Waals surface area contributed by atoms with Crippen LogP contribution in [-0.4, -0.2) is 29.1 Å². The third-order valence-corrected chi connectivity index (χ3v) is 4.34. The first-order chi connectivity index (χ1) is 9.79. The van der Waals surface area contributed by atoms with Gasteiger partial charge in [0.25, 0.3) is 0 Å². The van der Waals surface area contributed by atoms with E-state index >= 15 is 0 Å². The molecular formula is C13H14F4N2OS. The van der Waals surface area contributed by atoms with E-state index in [1.165, 1.54) is 11.9 Å². The molecule has 1 atom stereocenters. The molecule has 0 radical (unpaired) electrons. The van der Waals surface area contributed by atoms with Crippen LogP contribution in [-0.2, 0) is 17.5 Å². The first-order valence-electron chi connectivity index (χ1n) is 6.28. The second kappa shape index (κ2) is 6.23. The van der Waals surface area contributed by atoms with E-state index in [-0.39, 0.29) is 24.1 Å². The van der Waals surface area contributed by atoms with Crippen LogP contribution in [0.5, 0.6) is 0 Å². The number of halogens is 4. The van der Waals surface area contributed by atoms with E-state index in [2.05, 4.69) is 5.32 Å². The molecular weight excluding hydrogens is 308 g/mol. The summed E-state index contributed by atoms with van der Waals surface area (Å²) in [5.41, 5.74) is -1.21. The number of amides is 1. The second-order valence-corrected chi connectivity index (χ2v) is 5.94. The van der Waals surface area contributed by atoms with Crippen molar-refractivity contribution in [2.75, 3.05) is 12.8 Å². The van der Waals surface area contributed by atoms with Gasteiger partial charge in [0.1, 0.15) is 5.82 Å². The molecule has 1 aliphatic rings. The van der Waals surface area contributed by atoms with Crippen LogP contribution in [0.2, 0.25) is 0 Å². The number of alkyl halides is 3. The van der Waals surface area contributed by atoms with Crippen molar-refractivity contribution in [1.29, 1.82) is 0 Å². The predicted octanol–water partition coefficient (Wildman–Crippen LogP) is 2.81. The lowest BCUT2D eigenvalue weighted by Crippen LogP contribution is -2.39. The van der Waals surface area contributed by atoms with Crippen LogP contribution in [0.3, 0.4) is 0 Å². The van der Waals surface area contributed by atoms with Gasteiger partial charge in [-0.3, -0.25) is 4.79 Å². The van der Waals surface area contributed by atoms with E-state index in [1.807, 2.05) is 0 Å². The number of likely N-dealkylation sites (N-methyl/N-ethyl adjacent to an activating group) is 1. The molecule has 1 unspecified atom stereocenters. The molecule has 0 aliphatic carbocycles. The van der Waals surface area contributed by atoms with Crippen LogP contribution in [0.1, 0.15) is 17.5 Å². The van der Waals surface area contributed by atoms with E-state index in [0.29, 0.717) is 12.5 Å². The molecule has 0 aromatic heterocycles. The van der Waals surface area contributed by atoms with Gasteiger partial charge in [0.05, 0.1) is 11.6 Å². The van der Waals surface area contributed by atoms with Crippen molar-refractivity contribution in [1.82, 2.24) is 9.62 Å². The lowest BCUT2D eigenvalue weighted by Gasteiger charge is -2.18. The zero-order valence-electron chi connectivity index (χ0n) is 11.2. The second-order valence-electron chi connectivity index (χ2n) is 4.70. The summed E-state index contributed by atoms with van der Waals surface area (Å²) in [4.78, 5) is 11.9. The van der Waals surface area contributed by atoms with E-state index < -0.39 is 17.6 Å². The summed E-state index contributed by atoms with van der Waals surface area (Å²) in [5, 5.41) is 2.49. The standard InChI is InChI=1S/C13H14F4N2OS/c1-19-11(4-5-21-19)12(20)18-7-8-2-3-9(14)6-10(8)13(15,16)17/h2-3,6,11H,4-5,7H2,1H3,(H,18,20). The number of hydrogen-bond acceptors (Lipinski definition) is 3. The van der Waals surface area contributed by atoms with Crippen molar-refractivity contribution < 1.29 is 22.4 Å². The molecule has 1 aromatic carbocycles. The minimum absolute atomic E-state index is 0.148. The third kappa shape index (κ3) is 3.88. The SMILES string of the molecule is CN1SCCC1C(=O)NCc1ccc(F)cc1C(F)(F)F. The summed E-state index contributed by atoms with van der Waals surface area (Å²) in [6, 6.07) is 2.10. The molecule has 1 aliphatic heterocycles. The number of carbonyl (C=O) groups excluding carboxylic acids is 1. The van der Waals surface area contributed by atoms with Crippen molar-refractivity contribution in [2.24, 2.45) is 0 Å². The molecule has 0 spiro atoms. The van der Waals surface area contributed by atoms with Gasteiger partial charge in [-0.05, 0) is 31.2 Å². The van der Waals surface area contributed by atoms with Gasteiger partial charge >= 0.3 is 6.18 Å². The minimum Gasteiger partial charge on any atom is -0.351 e. The highest BCUT2D eigenvalue weighted by Crippen LogP contribution is 2.32. The molecule has 0 bridgehead atoms. The van der Waals surface area contributed by atoms with Gasteiger partial charge in [-0.15, -0.1) is 0 Å². The average Bonchev–Trinajstić information content (AvgIpc) is 2.82. The van der Waals surface area contributed by atoms with E-state index in [4.69, 9.17) is 0 Å². The van der Waals surface area contributed by atoms with Gasteiger partial charge in [-0.2, -0.15) is 13.2 Å². The van der Waals surface area contributed by atoms with Gasteiger partial charge in [0, 0.05) is 12.3 Å². The van der Waals surface area contributed by atoms with Crippen molar-refractivity contribution in [3.8, 4) is 0 Å². The Morgan fingerprint density at radius 1 is 1.48 bits per heavy atom. The highest BCUT2D eigenvalue weighted by atomic mass is 32.2. The lowest BCUT2D eigenvalue weighted by atomic mass is 10.1. The first-order valence-corrected chi connectivity index (χ1v) is 7.22. The van der Waals surface area contributed by atoms with E-state index in [1.54, 1.807) is 11.4 Å². The average molecular weight is 322 g/mol. The summed E-state index contributed by atoms with van der Waals surface area (Å²) >= 11 is 1.51. The minimum atomic E-state index is -4.65. The summed E-state index contributed by atoms with van der Waals surface area (Å²) in [5.74, 6) is -0.469. The molecule has 1 amide bonds. The van der Waals surface area contributed by atoms with Crippen LogP contribution in [0.4, 0.5) is 17.6 Å². The van der Waals surface area contributed by atoms with Crippen molar-refractivity contribution >= 4 is 17.9 Å². The molecule has 1 heterocycles. The Morgan fingerprint density at radius 2 is 2.19 bits per heavy atom. The van der Waals surface area contributed by atoms with Gasteiger partial charge in [-0.25, -0.2) is 8.70 Å². The van der Waals surface area contributed by atoms with Gasteiger partial charge in [-0.1, -0.05) is 18.0 Å². The maximum absolute atomic E-state index is 13.0. The molecule has 1 saturated heterocycles. The molecule has 1 fully saturated rings. The number of benzene rings is 1. The largest absolute Gasteiger partial charge is 0.416 e. The number of nitrogens with one attached hydrogen (secondary N) is 1. The topological polar surface area (TPSA) is 32.3 Å². The van der Waals surface area contributed by atoms with Crippen LogP contribution in [0.15, 0.2) is 18.2 Å². The molecule has 0 saturated carbocycles. The summed E-state index contributed by atoms with van der Waals surface area (Å²) in [6.07, 6.45) is -4.00. The van der Waals surface area contributed by atoms with Crippen LogP contribution in [0.25, 0.3) is 0 Å². The first kappa shape index (κ1) is 16.1. The monoisotopic (exact) mass is 322 g/mol. The quantitative estimate of drug-likeness (QED) is 0.686. The summed E-state index contributed by atoms with van der Waals surface area (Å²) in [6.45, 7) is -0.275. The molecule has 1 aromatic rings. The number of nitrogens with zero attached hydrogens (tertiary/aromatic N) is 1. The van der Waals surface area contributed by atoms with Gasteiger partial charge in [0.2, 0.25) is 5.91 Å². The van der Waals surface area contributed by atoms with Crippen molar-refractivity contribution in [3.63, 3.8) is 0 Å². The summed E-state index contributed by atoms with van der Waals surface area (Å²) in [7, 11) is 1.76. The number of carbonyl (C=O) groups is 1. The Labute approximate surface area is 123 Å². The molecule has 3 nitrogen and oxygen atoms in total. The van der Waals surface area contributed by atoms with Crippen molar-refractivity contribution in [2.45, 2.75) is 25.2 Å². The highest BCUT2D eigenvalue weighted by molar-refractivity contribution is 7.97. The van der Waals surface area contributed by atoms with E-state index in [9.17, 15) is 22.4 Å². The maximum atomic E-state index is 13.0. The lowest BCUT2D eigenvalue weighted by molar-refractivity contribution is -0.138. The Hall–Kier alpha value is -1.28. The zero-order valence-corrected chi connectivity index (χ0v) is 12.0. The van der Waals surface area contributed by atoms with Gasteiger partial charge in [0.15, 0.2) is 0 Å². The van der Waals surface area contributed by atoms with Crippen LogP contribution < -0.4 is 5.32 Å². The molecule has 1 N–H and O–H groups in total. The molecule has 8 heteroatoms. The Kier molecular flexibility index (Phi) is 4.77. The van der Waals surface area contributed by atoms with Gasteiger partial charge < -0.3 is 5.32 Å². The fourth-order valence-electron chi connectivity index (χ4n) is 2.14. The Balaban J connectivity index is 2.08. The smallest absolute Gasteiger partial charge is 0.351 e. The Bertz CT molecular complexity index is 535. The Morgan fingerprint density at radius 3 is 2.76 bits per heavy atom. The maximum Gasteiger partial charge on any atom is 0.416 e. The molecule has 116 valence electrons. The molecule has 21 heavy (non-hydrogen) atoms. The normalized spacial score (nSPS) is 19.8. The zero-order chi connectivity index (χ0) is 15.6. The third-order valence-electron chi connectivity index (χ3n) is 3.26. The van der Waals surface area contributed by atoms with Crippen LogP contribution in [0, 0.1) is 5.82 Å². The highest BCUT2D eigenvalue weighted by Gasteiger charge is 2.34. The van der Waals surface area contributed by atoms with E-state index in [0.717, 1.165) is 17.9 Å². The predicted molar refractivity (Wildman–Crippen MR) is 71.9 cm³/mol. The molecule has 2 rings (SSSR count). The van der Waals surface area contributed by atoms with Crippen LogP contribution >= 0.6 is 11.9 Å². The number of rotatable bonds is 3. The fraction of sp³-hybridized carbons (Fsp3) is 0.462. The van der Waals surface area contributed by atoms with Crippen molar-refractivity contribution in [3.05, 3.63) is 35.1 Å². The number of hydrogen-bond donors (Lipinski definition) is 1.